The van der Waals surface area contributed by atoms with Crippen molar-refractivity contribution in [1.82, 2.24) is 15.1 Å². The fourth-order valence-electron chi connectivity index (χ4n) is 3.87. The molecule has 2 rings (SSSR count). The van der Waals surface area contributed by atoms with E-state index >= 15 is 0 Å². The summed E-state index contributed by atoms with van der Waals surface area (Å²) in [7, 11) is 0. The lowest BCUT2D eigenvalue weighted by atomic mass is 9.98. The van der Waals surface area contributed by atoms with Crippen LogP contribution in [0, 0.1) is 5.92 Å². The highest BCUT2D eigenvalue weighted by molar-refractivity contribution is 5.94. The van der Waals surface area contributed by atoms with Crippen molar-refractivity contribution in [2.45, 2.75) is 64.1 Å². The topological polar surface area (TPSA) is 133 Å². The molecular weight excluding hydrogens is 352 g/mol. The van der Waals surface area contributed by atoms with Crippen LogP contribution in [0.2, 0.25) is 0 Å². The lowest BCUT2D eigenvalue weighted by Crippen LogP contribution is -2.56. The zero-order valence-corrected chi connectivity index (χ0v) is 16.0. The van der Waals surface area contributed by atoms with Crippen molar-refractivity contribution in [2.75, 3.05) is 19.6 Å². The molecule has 2 heterocycles. The van der Waals surface area contributed by atoms with Gasteiger partial charge in [0, 0.05) is 13.1 Å². The Morgan fingerprint density at radius 2 is 1.70 bits per heavy atom. The molecule has 9 heteroatoms. The number of hydrogen-bond acceptors (Lipinski definition) is 5. The van der Waals surface area contributed by atoms with Gasteiger partial charge in [0.05, 0.1) is 6.54 Å². The van der Waals surface area contributed by atoms with E-state index in [4.69, 9.17) is 5.73 Å². The minimum absolute atomic E-state index is 0.150. The molecule has 0 aromatic carbocycles. The van der Waals surface area contributed by atoms with E-state index in [1.54, 1.807) is 6.92 Å². The standard InChI is InChI=1S/C18H30N4O5/c1-3-11(2)15(18(26)27)20-16(24)12-6-4-9-22(12)17(25)13-7-5-8-21(13)14(23)10-19/h11-13,15H,3-10,19H2,1-2H3,(H,20,24)(H,26,27). The summed E-state index contributed by atoms with van der Waals surface area (Å²) in [6, 6.07) is -2.26. The summed E-state index contributed by atoms with van der Waals surface area (Å²) in [5, 5.41) is 12.0. The number of carbonyl (C=O) groups excluding carboxylic acids is 3. The highest BCUT2D eigenvalue weighted by Gasteiger charge is 2.42. The highest BCUT2D eigenvalue weighted by atomic mass is 16.4. The van der Waals surface area contributed by atoms with Crippen molar-refractivity contribution in [3.05, 3.63) is 0 Å². The number of carbonyl (C=O) groups is 4. The molecule has 0 aliphatic carbocycles. The summed E-state index contributed by atoms with van der Waals surface area (Å²) in [6.45, 7) is 4.40. The van der Waals surface area contributed by atoms with Crippen molar-refractivity contribution in [3.63, 3.8) is 0 Å². The van der Waals surface area contributed by atoms with Gasteiger partial charge in [-0.15, -0.1) is 0 Å². The second-order valence-electron chi connectivity index (χ2n) is 7.35. The third-order valence-electron chi connectivity index (χ3n) is 5.65. The molecule has 0 aromatic heterocycles. The third kappa shape index (κ3) is 4.58. The maximum Gasteiger partial charge on any atom is 0.326 e. The Balaban J connectivity index is 2.09. The minimum Gasteiger partial charge on any atom is -0.480 e. The number of aliphatic carboxylic acids is 1. The summed E-state index contributed by atoms with van der Waals surface area (Å²) < 4.78 is 0. The number of amides is 3. The fraction of sp³-hybridized carbons (Fsp3) is 0.778. The Morgan fingerprint density at radius 1 is 1.11 bits per heavy atom. The van der Waals surface area contributed by atoms with E-state index in [1.807, 2.05) is 6.92 Å². The average Bonchev–Trinajstić information content (AvgIpc) is 3.33. The zero-order chi connectivity index (χ0) is 20.1. The molecule has 0 saturated carbocycles. The van der Waals surface area contributed by atoms with Gasteiger partial charge in [0.2, 0.25) is 17.7 Å². The lowest BCUT2D eigenvalue weighted by Gasteiger charge is -2.31. The molecule has 4 unspecified atom stereocenters. The molecule has 27 heavy (non-hydrogen) atoms. The van der Waals surface area contributed by atoms with Crippen LogP contribution in [-0.2, 0) is 19.2 Å². The van der Waals surface area contributed by atoms with Crippen LogP contribution in [0.3, 0.4) is 0 Å². The maximum absolute atomic E-state index is 13.0. The molecular formula is C18H30N4O5. The summed E-state index contributed by atoms with van der Waals surface area (Å²) in [5.41, 5.74) is 5.43. The summed E-state index contributed by atoms with van der Waals surface area (Å²) in [6.07, 6.45) is 3.05. The molecule has 2 aliphatic rings. The SMILES string of the molecule is CCC(C)C(NC(=O)C1CCCN1C(=O)C1CCCN1C(=O)CN)C(=O)O. The average molecular weight is 382 g/mol. The number of carboxylic acids is 1. The van der Waals surface area contributed by atoms with E-state index in [9.17, 15) is 24.3 Å². The minimum atomic E-state index is -1.08. The molecule has 2 fully saturated rings. The van der Waals surface area contributed by atoms with Crippen molar-refractivity contribution >= 4 is 23.7 Å². The van der Waals surface area contributed by atoms with Crippen LogP contribution in [0.5, 0.6) is 0 Å². The van der Waals surface area contributed by atoms with E-state index in [0.717, 1.165) is 6.42 Å². The molecule has 9 nitrogen and oxygen atoms in total. The highest BCUT2D eigenvalue weighted by Crippen LogP contribution is 2.25. The first-order valence-electron chi connectivity index (χ1n) is 9.65. The molecule has 0 spiro atoms. The Morgan fingerprint density at radius 3 is 2.26 bits per heavy atom. The number of rotatable bonds is 7. The number of likely N-dealkylation sites (tertiary alicyclic amines) is 2. The zero-order valence-electron chi connectivity index (χ0n) is 16.0. The van der Waals surface area contributed by atoms with Crippen molar-refractivity contribution in [1.29, 1.82) is 0 Å². The largest absolute Gasteiger partial charge is 0.480 e. The van der Waals surface area contributed by atoms with Crippen LogP contribution in [0.25, 0.3) is 0 Å². The third-order valence-corrected chi connectivity index (χ3v) is 5.65. The maximum atomic E-state index is 13.0. The van der Waals surface area contributed by atoms with Gasteiger partial charge in [0.1, 0.15) is 18.1 Å². The molecule has 4 N–H and O–H groups in total. The van der Waals surface area contributed by atoms with Crippen molar-refractivity contribution < 1.29 is 24.3 Å². The van der Waals surface area contributed by atoms with E-state index in [-0.39, 0.29) is 24.3 Å². The first-order valence-corrected chi connectivity index (χ1v) is 9.65. The number of nitrogens with zero attached hydrogens (tertiary/aromatic N) is 2. The van der Waals surface area contributed by atoms with Crippen LogP contribution in [0.15, 0.2) is 0 Å². The van der Waals surface area contributed by atoms with Crippen molar-refractivity contribution in [3.8, 4) is 0 Å². The Hall–Kier alpha value is -2.16. The molecule has 2 saturated heterocycles. The molecule has 152 valence electrons. The van der Waals surface area contributed by atoms with Gasteiger partial charge in [0.15, 0.2) is 0 Å². The van der Waals surface area contributed by atoms with Crippen molar-refractivity contribution in [2.24, 2.45) is 11.7 Å². The molecule has 2 aliphatic heterocycles. The normalized spacial score (nSPS) is 24.6. The molecule has 3 amide bonds. The predicted molar refractivity (Wildman–Crippen MR) is 97.5 cm³/mol. The van der Waals surface area contributed by atoms with Crippen LogP contribution in [-0.4, -0.2) is 76.4 Å². The number of nitrogens with two attached hydrogens (primary N) is 1. The second-order valence-corrected chi connectivity index (χ2v) is 7.35. The van der Waals surface area contributed by atoms with Gasteiger partial charge in [0.25, 0.3) is 0 Å². The molecule has 0 bridgehead atoms. The van der Waals surface area contributed by atoms with E-state index < -0.39 is 30.0 Å². The summed E-state index contributed by atoms with van der Waals surface area (Å²) in [4.78, 5) is 52.2. The summed E-state index contributed by atoms with van der Waals surface area (Å²) >= 11 is 0. The van der Waals surface area contributed by atoms with Gasteiger partial charge in [-0.1, -0.05) is 20.3 Å². The number of nitrogens with one attached hydrogen (secondary N) is 1. The van der Waals surface area contributed by atoms with Gasteiger partial charge < -0.3 is 26.0 Å². The Kier molecular flexibility index (Phi) is 7.18. The first kappa shape index (κ1) is 21.1. The first-order chi connectivity index (χ1) is 12.8. The lowest BCUT2D eigenvalue weighted by molar-refractivity contribution is -0.148. The molecule has 0 aromatic rings. The predicted octanol–water partition coefficient (Wildman–Crippen LogP) is -0.457. The van der Waals surface area contributed by atoms with Crippen LogP contribution < -0.4 is 11.1 Å². The monoisotopic (exact) mass is 382 g/mol. The smallest absolute Gasteiger partial charge is 0.326 e. The van der Waals surface area contributed by atoms with E-state index in [2.05, 4.69) is 5.32 Å². The van der Waals surface area contributed by atoms with Gasteiger partial charge in [-0.2, -0.15) is 0 Å². The number of hydrogen-bond donors (Lipinski definition) is 3. The van der Waals surface area contributed by atoms with E-state index in [0.29, 0.717) is 38.8 Å². The fourth-order valence-corrected chi connectivity index (χ4v) is 3.87. The van der Waals surface area contributed by atoms with Crippen LogP contribution in [0.1, 0.15) is 46.0 Å². The number of carboxylic acid groups (broad SMARTS) is 1. The van der Waals surface area contributed by atoms with Crippen LogP contribution >= 0.6 is 0 Å². The van der Waals surface area contributed by atoms with Gasteiger partial charge >= 0.3 is 5.97 Å². The van der Waals surface area contributed by atoms with Gasteiger partial charge in [-0.3, -0.25) is 14.4 Å². The Labute approximate surface area is 159 Å². The quantitative estimate of drug-likeness (QED) is 0.546. The van der Waals surface area contributed by atoms with Gasteiger partial charge in [-0.25, -0.2) is 4.79 Å². The molecule has 4 atom stereocenters. The summed E-state index contributed by atoms with van der Waals surface area (Å²) in [5.74, 6) is -2.26. The van der Waals surface area contributed by atoms with E-state index in [1.165, 1.54) is 9.80 Å². The molecule has 0 radical (unpaired) electrons. The Bertz CT molecular complexity index is 596. The van der Waals surface area contributed by atoms with Gasteiger partial charge in [-0.05, 0) is 31.6 Å². The van der Waals surface area contributed by atoms with Crippen LogP contribution in [0.4, 0.5) is 0 Å². The second kappa shape index (κ2) is 9.16.